The zero-order valence-electron chi connectivity index (χ0n) is 18.4. The molecule has 0 unspecified atom stereocenters. The normalized spacial score (nSPS) is 13.9. The fourth-order valence-corrected chi connectivity index (χ4v) is 3.74. The molecule has 0 atom stereocenters. The van der Waals surface area contributed by atoms with Gasteiger partial charge in [-0.2, -0.15) is 13.6 Å². The van der Waals surface area contributed by atoms with E-state index in [1.165, 1.54) is 23.0 Å². The lowest BCUT2D eigenvalue weighted by molar-refractivity contribution is -0.132. The minimum atomic E-state index is -3.01. The Labute approximate surface area is 194 Å². The van der Waals surface area contributed by atoms with Crippen LogP contribution >= 0.6 is 0 Å². The Bertz CT molecular complexity index is 1120. The van der Waals surface area contributed by atoms with Crippen molar-refractivity contribution in [3.05, 3.63) is 60.2 Å². The number of amides is 2. The van der Waals surface area contributed by atoms with Crippen LogP contribution in [0.25, 0.3) is 11.4 Å². The first-order valence-electron chi connectivity index (χ1n) is 11.0. The zero-order valence-corrected chi connectivity index (χ0v) is 18.4. The first-order valence-corrected chi connectivity index (χ1v) is 11.0. The monoisotopic (exact) mass is 470 g/mol. The van der Waals surface area contributed by atoms with Crippen molar-refractivity contribution in [2.24, 2.45) is 0 Å². The van der Waals surface area contributed by atoms with E-state index >= 15 is 0 Å². The van der Waals surface area contributed by atoms with Gasteiger partial charge in [0.25, 0.3) is 5.91 Å². The summed E-state index contributed by atoms with van der Waals surface area (Å²) < 4.78 is 29.7. The molecule has 4 rings (SSSR count). The van der Waals surface area contributed by atoms with Crippen LogP contribution in [0, 0.1) is 0 Å². The minimum absolute atomic E-state index is 0.0167. The molecule has 2 heterocycles. The average Bonchev–Trinajstić information content (AvgIpc) is 3.33. The molecule has 0 radical (unpaired) electrons. The van der Waals surface area contributed by atoms with Gasteiger partial charge in [-0.3, -0.25) is 9.59 Å². The van der Waals surface area contributed by atoms with Gasteiger partial charge < -0.3 is 14.5 Å². The van der Waals surface area contributed by atoms with Crippen molar-refractivity contribution in [2.75, 3.05) is 26.2 Å². The number of carbonyl (C=O) groups is 2. The molecule has 0 bridgehead atoms. The van der Waals surface area contributed by atoms with Crippen LogP contribution < -0.4 is 4.74 Å². The van der Waals surface area contributed by atoms with Gasteiger partial charge in [0.1, 0.15) is 5.75 Å². The van der Waals surface area contributed by atoms with Crippen molar-refractivity contribution in [1.82, 2.24) is 30.0 Å². The quantitative estimate of drug-likeness (QED) is 0.503. The number of aryl methyl sites for hydroxylation is 1. The van der Waals surface area contributed by atoms with Crippen LogP contribution in [0.1, 0.15) is 23.2 Å². The highest BCUT2D eigenvalue weighted by atomic mass is 19.3. The van der Waals surface area contributed by atoms with Crippen molar-refractivity contribution in [3.8, 4) is 17.1 Å². The van der Waals surface area contributed by atoms with Crippen LogP contribution in [-0.4, -0.2) is 74.6 Å². The third-order valence-electron chi connectivity index (χ3n) is 5.49. The number of benzene rings is 2. The highest BCUT2D eigenvalue weighted by molar-refractivity contribution is 5.97. The first kappa shape index (κ1) is 23.3. The number of tetrazole rings is 1. The van der Waals surface area contributed by atoms with E-state index in [0.29, 0.717) is 51.4 Å². The third kappa shape index (κ3) is 5.72. The van der Waals surface area contributed by atoms with Crippen LogP contribution in [0.15, 0.2) is 54.6 Å². The van der Waals surface area contributed by atoms with Crippen LogP contribution in [0.5, 0.6) is 5.75 Å². The fraction of sp³-hybridized carbons (Fsp3) is 0.348. The van der Waals surface area contributed by atoms with Crippen molar-refractivity contribution in [2.45, 2.75) is 26.0 Å². The average molecular weight is 470 g/mol. The number of hydrogen-bond donors (Lipinski definition) is 0. The van der Waals surface area contributed by atoms with E-state index < -0.39 is 12.5 Å². The largest absolute Gasteiger partial charge is 0.434 e. The Balaban J connectivity index is 1.24. The first-order chi connectivity index (χ1) is 16.5. The molecule has 2 amide bonds. The predicted octanol–water partition coefficient (Wildman–Crippen LogP) is 2.71. The van der Waals surface area contributed by atoms with Gasteiger partial charge in [0.2, 0.25) is 11.7 Å². The second-order valence-electron chi connectivity index (χ2n) is 7.73. The molecule has 2 aromatic carbocycles. The van der Waals surface area contributed by atoms with Crippen LogP contribution in [0.3, 0.4) is 0 Å². The Hall–Kier alpha value is -3.89. The number of rotatable bonds is 8. The molecule has 1 aliphatic rings. The van der Waals surface area contributed by atoms with Gasteiger partial charge in [0, 0.05) is 38.2 Å². The van der Waals surface area contributed by atoms with Gasteiger partial charge in [0.15, 0.2) is 0 Å². The van der Waals surface area contributed by atoms with E-state index in [2.05, 4.69) is 20.1 Å². The summed E-state index contributed by atoms with van der Waals surface area (Å²) in [7, 11) is 0. The number of piperazine rings is 1. The Kier molecular flexibility index (Phi) is 7.41. The smallest absolute Gasteiger partial charge is 0.387 e. The predicted molar refractivity (Wildman–Crippen MR) is 118 cm³/mol. The van der Waals surface area contributed by atoms with Gasteiger partial charge in [-0.15, -0.1) is 10.2 Å². The molecular weight excluding hydrogens is 446 g/mol. The van der Waals surface area contributed by atoms with Crippen molar-refractivity contribution in [1.29, 1.82) is 0 Å². The summed E-state index contributed by atoms with van der Waals surface area (Å²) in [6.45, 7) is -1.16. The SMILES string of the molecule is O=C(CCCn1nnc(-c2ccccc2)n1)N1CCN(C(=O)c2ccccc2OC(F)F)CC1. The lowest BCUT2D eigenvalue weighted by Gasteiger charge is -2.35. The third-order valence-corrected chi connectivity index (χ3v) is 5.49. The standard InChI is InChI=1S/C23H24F2N6O3/c24-23(25)34-19-10-5-4-9-18(19)22(33)30-15-13-29(14-16-30)20(32)11-6-12-31-27-21(26-28-31)17-7-2-1-3-8-17/h1-5,7-10,23H,6,11-16H2. The molecule has 0 N–H and O–H groups in total. The fourth-order valence-electron chi connectivity index (χ4n) is 3.74. The molecule has 1 fully saturated rings. The number of nitrogens with zero attached hydrogens (tertiary/aromatic N) is 6. The van der Waals surface area contributed by atoms with Crippen molar-refractivity contribution in [3.63, 3.8) is 0 Å². The van der Waals surface area contributed by atoms with E-state index in [1.807, 2.05) is 30.3 Å². The van der Waals surface area contributed by atoms with Gasteiger partial charge >= 0.3 is 6.61 Å². The van der Waals surface area contributed by atoms with Crippen molar-refractivity contribution < 1.29 is 23.1 Å². The molecule has 0 saturated carbocycles. The topological polar surface area (TPSA) is 93.5 Å². The maximum atomic E-state index is 12.8. The van der Waals surface area contributed by atoms with Crippen LogP contribution in [0.4, 0.5) is 8.78 Å². The molecular formula is C23H24F2N6O3. The molecule has 11 heteroatoms. The maximum absolute atomic E-state index is 12.8. The second-order valence-corrected chi connectivity index (χ2v) is 7.73. The number of hydrogen-bond acceptors (Lipinski definition) is 6. The second kappa shape index (κ2) is 10.8. The summed E-state index contributed by atoms with van der Waals surface area (Å²) in [5, 5.41) is 12.4. The van der Waals surface area contributed by atoms with E-state index in [1.54, 1.807) is 15.9 Å². The minimum Gasteiger partial charge on any atom is -0.434 e. The molecule has 0 aliphatic carbocycles. The summed E-state index contributed by atoms with van der Waals surface area (Å²) in [4.78, 5) is 30.1. The number of halogens is 2. The van der Waals surface area contributed by atoms with Crippen LogP contribution in [-0.2, 0) is 11.3 Å². The number of ether oxygens (including phenoxy) is 1. The van der Waals surface area contributed by atoms with Gasteiger partial charge in [-0.25, -0.2) is 0 Å². The lowest BCUT2D eigenvalue weighted by atomic mass is 10.1. The summed E-state index contributed by atoms with van der Waals surface area (Å²) in [5.74, 6) is -0.0295. The number of alkyl halides is 2. The van der Waals surface area contributed by atoms with E-state index in [0.717, 1.165) is 5.56 Å². The molecule has 3 aromatic rings. The van der Waals surface area contributed by atoms with Crippen LogP contribution in [0.2, 0.25) is 0 Å². The summed E-state index contributed by atoms with van der Waals surface area (Å²) in [6.07, 6.45) is 0.877. The summed E-state index contributed by atoms with van der Waals surface area (Å²) in [5.41, 5.74) is 0.957. The van der Waals surface area contributed by atoms with Gasteiger partial charge in [-0.05, 0) is 23.8 Å². The number of aromatic nitrogens is 4. The Morgan fingerprint density at radius 2 is 1.62 bits per heavy atom. The molecule has 34 heavy (non-hydrogen) atoms. The molecule has 1 saturated heterocycles. The summed E-state index contributed by atoms with van der Waals surface area (Å²) in [6, 6.07) is 15.4. The van der Waals surface area contributed by atoms with Gasteiger partial charge in [-0.1, -0.05) is 42.5 Å². The van der Waals surface area contributed by atoms with Crippen molar-refractivity contribution >= 4 is 11.8 Å². The highest BCUT2D eigenvalue weighted by Gasteiger charge is 2.26. The van der Waals surface area contributed by atoms with Gasteiger partial charge in [0.05, 0.1) is 12.1 Å². The molecule has 9 nitrogen and oxygen atoms in total. The molecule has 1 aliphatic heterocycles. The van der Waals surface area contributed by atoms with E-state index in [-0.39, 0.29) is 17.2 Å². The Morgan fingerprint density at radius 3 is 2.35 bits per heavy atom. The maximum Gasteiger partial charge on any atom is 0.387 e. The highest BCUT2D eigenvalue weighted by Crippen LogP contribution is 2.22. The molecule has 0 spiro atoms. The van der Waals surface area contributed by atoms with E-state index in [9.17, 15) is 18.4 Å². The number of para-hydroxylation sites is 1. The molecule has 1 aromatic heterocycles. The number of carbonyl (C=O) groups excluding carboxylic acids is 2. The Morgan fingerprint density at radius 1 is 0.941 bits per heavy atom. The zero-order chi connectivity index (χ0) is 23.9. The van der Waals surface area contributed by atoms with E-state index in [4.69, 9.17) is 0 Å². The summed E-state index contributed by atoms with van der Waals surface area (Å²) >= 11 is 0. The lowest BCUT2D eigenvalue weighted by Crippen LogP contribution is -2.50. The molecule has 178 valence electrons.